The maximum absolute atomic E-state index is 6.85. The summed E-state index contributed by atoms with van der Waals surface area (Å²) in [5, 5.41) is 6.85. The van der Waals surface area contributed by atoms with E-state index in [-0.39, 0.29) is 6.54 Å². The van der Waals surface area contributed by atoms with E-state index in [1.165, 1.54) is 12.3 Å². The average molecular weight is 99.1 g/mol. The lowest BCUT2D eigenvalue weighted by atomic mass is 10.4. The van der Waals surface area contributed by atoms with Crippen LogP contribution in [0.5, 0.6) is 0 Å². The van der Waals surface area contributed by atoms with Crippen molar-refractivity contribution in [3.05, 3.63) is 12.3 Å². The van der Waals surface area contributed by atoms with E-state index < -0.39 is 0 Å². The number of hydrogen-bond acceptors (Lipinski definition) is 3. The lowest BCUT2D eigenvalue weighted by Gasteiger charge is -1.84. The van der Waals surface area contributed by atoms with E-state index in [1.807, 2.05) is 0 Å². The second-order valence-corrected chi connectivity index (χ2v) is 1.09. The van der Waals surface area contributed by atoms with Gasteiger partial charge in [0.2, 0.25) is 0 Å². The standard InChI is InChI=1S/C4H9N3/c5-2-1-4(7)3-6/h1-2,7H,3,5-6H2. The van der Waals surface area contributed by atoms with Crippen LogP contribution in [0.4, 0.5) is 0 Å². The Morgan fingerprint density at radius 2 is 2.29 bits per heavy atom. The van der Waals surface area contributed by atoms with Crippen LogP contribution in [0, 0.1) is 5.41 Å². The van der Waals surface area contributed by atoms with Gasteiger partial charge in [-0.2, -0.15) is 0 Å². The zero-order valence-electron chi connectivity index (χ0n) is 4.02. The minimum absolute atomic E-state index is 0.258. The largest absolute Gasteiger partial charge is 0.405 e. The molecular weight excluding hydrogens is 90.1 g/mol. The Morgan fingerprint density at radius 1 is 1.71 bits per heavy atom. The van der Waals surface area contributed by atoms with Crippen LogP contribution in [0.15, 0.2) is 12.3 Å². The number of nitrogens with two attached hydrogens (primary N) is 2. The molecule has 0 unspecified atom stereocenters. The third-order valence-electron chi connectivity index (χ3n) is 0.517. The highest BCUT2D eigenvalue weighted by molar-refractivity contribution is 5.93. The van der Waals surface area contributed by atoms with Crippen LogP contribution in [-0.2, 0) is 0 Å². The normalized spacial score (nSPS) is 9.86. The summed E-state index contributed by atoms with van der Waals surface area (Å²) >= 11 is 0. The Labute approximate surface area is 42.5 Å². The molecule has 5 N–H and O–H groups in total. The van der Waals surface area contributed by atoms with Gasteiger partial charge in [0.05, 0.1) is 0 Å². The molecule has 3 heteroatoms. The molecule has 0 fully saturated rings. The molecular formula is C4H9N3. The monoisotopic (exact) mass is 99.1 g/mol. The van der Waals surface area contributed by atoms with Crippen molar-refractivity contribution in [2.45, 2.75) is 0 Å². The molecule has 0 aliphatic carbocycles. The summed E-state index contributed by atoms with van der Waals surface area (Å²) in [6, 6.07) is 0. The van der Waals surface area contributed by atoms with Crippen molar-refractivity contribution in [2.75, 3.05) is 6.54 Å². The molecule has 0 amide bonds. The average Bonchev–Trinajstić information content (AvgIpc) is 1.68. The minimum Gasteiger partial charge on any atom is -0.405 e. The molecule has 0 radical (unpaired) electrons. The van der Waals surface area contributed by atoms with E-state index in [0.29, 0.717) is 5.71 Å². The van der Waals surface area contributed by atoms with Crippen molar-refractivity contribution < 1.29 is 0 Å². The highest BCUT2D eigenvalue weighted by atomic mass is 14.6. The third kappa shape index (κ3) is 2.99. The summed E-state index contributed by atoms with van der Waals surface area (Å²) in [4.78, 5) is 0. The Bertz CT molecular complexity index is 84.9. The van der Waals surface area contributed by atoms with Crippen LogP contribution in [-0.4, -0.2) is 12.3 Å². The molecule has 3 nitrogen and oxygen atoms in total. The van der Waals surface area contributed by atoms with Gasteiger partial charge in [-0.25, -0.2) is 0 Å². The van der Waals surface area contributed by atoms with Crippen LogP contribution < -0.4 is 11.5 Å². The third-order valence-corrected chi connectivity index (χ3v) is 0.517. The molecule has 0 heterocycles. The van der Waals surface area contributed by atoms with Crippen LogP contribution in [0.25, 0.3) is 0 Å². The Morgan fingerprint density at radius 3 is 2.43 bits per heavy atom. The highest BCUT2D eigenvalue weighted by Gasteiger charge is 1.78. The van der Waals surface area contributed by atoms with E-state index in [9.17, 15) is 0 Å². The molecule has 0 aromatic rings. The van der Waals surface area contributed by atoms with Gasteiger partial charge in [0.15, 0.2) is 0 Å². The molecule has 0 aromatic carbocycles. The van der Waals surface area contributed by atoms with Gasteiger partial charge in [0, 0.05) is 12.3 Å². The van der Waals surface area contributed by atoms with Crippen molar-refractivity contribution in [3.8, 4) is 0 Å². The molecule has 0 saturated heterocycles. The van der Waals surface area contributed by atoms with E-state index in [1.54, 1.807) is 0 Å². The van der Waals surface area contributed by atoms with Crippen LogP contribution in [0.1, 0.15) is 0 Å². The number of nitrogens with one attached hydrogen (secondary N) is 1. The van der Waals surface area contributed by atoms with Gasteiger partial charge in [-0.3, -0.25) is 0 Å². The second kappa shape index (κ2) is 3.36. The number of rotatable bonds is 2. The molecule has 0 saturated carbocycles. The summed E-state index contributed by atoms with van der Waals surface area (Å²) in [7, 11) is 0. The fourth-order valence-electron chi connectivity index (χ4n) is 0.184. The number of hydrogen-bond donors (Lipinski definition) is 3. The van der Waals surface area contributed by atoms with E-state index in [4.69, 9.17) is 16.9 Å². The Balaban J connectivity index is 3.37. The zero-order chi connectivity index (χ0) is 5.70. The maximum atomic E-state index is 6.85. The smallest absolute Gasteiger partial charge is 0.0464 e. The molecule has 7 heavy (non-hydrogen) atoms. The summed E-state index contributed by atoms with van der Waals surface area (Å²) in [5.74, 6) is 0. The van der Waals surface area contributed by atoms with Crippen molar-refractivity contribution >= 4 is 5.71 Å². The lowest BCUT2D eigenvalue weighted by Crippen LogP contribution is -2.09. The molecule has 0 spiro atoms. The predicted octanol–water partition coefficient (Wildman–Crippen LogP) is -0.563. The zero-order valence-corrected chi connectivity index (χ0v) is 4.02. The molecule has 0 aliphatic rings. The van der Waals surface area contributed by atoms with Crippen molar-refractivity contribution in [3.63, 3.8) is 0 Å². The van der Waals surface area contributed by atoms with E-state index in [0.717, 1.165) is 0 Å². The van der Waals surface area contributed by atoms with Gasteiger partial charge in [-0.15, -0.1) is 0 Å². The van der Waals surface area contributed by atoms with E-state index in [2.05, 4.69) is 0 Å². The maximum Gasteiger partial charge on any atom is 0.0464 e. The first kappa shape index (κ1) is 6.17. The van der Waals surface area contributed by atoms with Gasteiger partial charge in [-0.05, 0) is 12.3 Å². The summed E-state index contributed by atoms with van der Waals surface area (Å²) in [6.45, 7) is 0.258. The fraction of sp³-hybridized carbons (Fsp3) is 0.250. The van der Waals surface area contributed by atoms with Crippen LogP contribution >= 0.6 is 0 Å². The Hall–Kier alpha value is -0.830. The molecule has 40 valence electrons. The predicted molar refractivity (Wildman–Crippen MR) is 30.1 cm³/mol. The first-order valence-corrected chi connectivity index (χ1v) is 1.97. The van der Waals surface area contributed by atoms with Gasteiger partial charge < -0.3 is 16.9 Å². The SMILES string of the molecule is N=C(C=CN)CN. The molecule has 0 bridgehead atoms. The minimum atomic E-state index is 0.258. The first-order valence-electron chi connectivity index (χ1n) is 1.97. The van der Waals surface area contributed by atoms with Gasteiger partial charge in [0.25, 0.3) is 0 Å². The van der Waals surface area contributed by atoms with Crippen molar-refractivity contribution in [2.24, 2.45) is 11.5 Å². The van der Waals surface area contributed by atoms with Crippen molar-refractivity contribution in [1.29, 1.82) is 5.41 Å². The lowest BCUT2D eigenvalue weighted by molar-refractivity contribution is 1.28. The summed E-state index contributed by atoms with van der Waals surface area (Å²) in [5.41, 5.74) is 10.3. The van der Waals surface area contributed by atoms with Crippen molar-refractivity contribution in [1.82, 2.24) is 0 Å². The quantitative estimate of drug-likeness (QED) is 0.406. The summed E-state index contributed by atoms with van der Waals surface area (Å²) < 4.78 is 0. The van der Waals surface area contributed by atoms with Gasteiger partial charge >= 0.3 is 0 Å². The van der Waals surface area contributed by atoms with Gasteiger partial charge in [-0.1, -0.05) is 0 Å². The van der Waals surface area contributed by atoms with Crippen LogP contribution in [0.3, 0.4) is 0 Å². The topological polar surface area (TPSA) is 75.9 Å². The Kier molecular flexibility index (Phi) is 2.96. The highest BCUT2D eigenvalue weighted by Crippen LogP contribution is 1.66. The summed E-state index contributed by atoms with van der Waals surface area (Å²) in [6.07, 6.45) is 2.76. The van der Waals surface area contributed by atoms with Crippen LogP contribution in [0.2, 0.25) is 0 Å². The molecule has 0 aromatic heterocycles. The molecule has 0 rings (SSSR count). The second-order valence-electron chi connectivity index (χ2n) is 1.09. The molecule has 0 aliphatic heterocycles. The molecule has 0 atom stereocenters. The first-order chi connectivity index (χ1) is 3.31. The van der Waals surface area contributed by atoms with E-state index >= 15 is 0 Å². The fourth-order valence-corrected chi connectivity index (χ4v) is 0.184. The van der Waals surface area contributed by atoms with Gasteiger partial charge in [0.1, 0.15) is 0 Å².